The average Bonchev–Trinajstić information content (AvgIpc) is 2.68. The van der Waals surface area contributed by atoms with Crippen molar-refractivity contribution in [2.75, 3.05) is 0 Å². The molecule has 0 unspecified atom stereocenters. The number of nitrogens with zero attached hydrogens (tertiary/aromatic N) is 3. The summed E-state index contributed by atoms with van der Waals surface area (Å²) in [6, 6.07) is 15.4. The van der Waals surface area contributed by atoms with E-state index in [-0.39, 0.29) is 5.56 Å². The molecule has 136 valence electrons. The van der Waals surface area contributed by atoms with E-state index < -0.39 is 0 Å². The van der Waals surface area contributed by atoms with Crippen LogP contribution in [-0.4, -0.2) is 14.5 Å². The Bertz CT molecular complexity index is 1180. The second-order valence-corrected chi connectivity index (χ2v) is 7.67. The third kappa shape index (κ3) is 3.57. The van der Waals surface area contributed by atoms with Crippen LogP contribution in [0.5, 0.6) is 0 Å². The highest BCUT2D eigenvalue weighted by Gasteiger charge is 2.12. The minimum absolute atomic E-state index is 0.0166. The second kappa shape index (κ2) is 7.71. The van der Waals surface area contributed by atoms with Gasteiger partial charge in [-0.05, 0) is 36.2 Å². The molecule has 6 heteroatoms. The molecule has 0 aliphatic carbocycles. The van der Waals surface area contributed by atoms with Crippen molar-refractivity contribution in [2.45, 2.75) is 30.8 Å². The van der Waals surface area contributed by atoms with Crippen molar-refractivity contribution >= 4 is 45.2 Å². The molecule has 0 amide bonds. The van der Waals surface area contributed by atoms with Gasteiger partial charge in [-0.2, -0.15) is 0 Å². The Morgan fingerprint density at radius 2 is 2.00 bits per heavy atom. The van der Waals surface area contributed by atoms with E-state index in [4.69, 9.17) is 16.6 Å². The van der Waals surface area contributed by atoms with Crippen LogP contribution in [0.2, 0.25) is 5.02 Å². The summed E-state index contributed by atoms with van der Waals surface area (Å²) in [7, 11) is 0. The number of halogens is 1. The van der Waals surface area contributed by atoms with Gasteiger partial charge >= 0.3 is 0 Å². The molecule has 0 bridgehead atoms. The fourth-order valence-electron chi connectivity index (χ4n) is 3.13. The lowest BCUT2D eigenvalue weighted by Crippen LogP contribution is -2.23. The molecule has 0 radical (unpaired) electrons. The zero-order valence-electron chi connectivity index (χ0n) is 14.9. The number of pyridine rings is 1. The summed E-state index contributed by atoms with van der Waals surface area (Å²) < 4.78 is 1.76. The van der Waals surface area contributed by atoms with E-state index in [0.29, 0.717) is 33.4 Å². The van der Waals surface area contributed by atoms with E-state index in [1.807, 2.05) is 12.1 Å². The first-order chi connectivity index (χ1) is 13.2. The van der Waals surface area contributed by atoms with Crippen molar-refractivity contribution in [2.24, 2.45) is 0 Å². The first kappa shape index (κ1) is 18.0. The van der Waals surface area contributed by atoms with Gasteiger partial charge in [-0.15, -0.1) is 0 Å². The lowest BCUT2D eigenvalue weighted by Gasteiger charge is -2.13. The first-order valence-corrected chi connectivity index (χ1v) is 10.2. The van der Waals surface area contributed by atoms with Crippen LogP contribution >= 0.6 is 23.4 Å². The zero-order valence-corrected chi connectivity index (χ0v) is 16.4. The third-order valence-corrected chi connectivity index (χ3v) is 5.66. The number of fused-ring (bicyclic) bond motifs is 2. The Kier molecular flexibility index (Phi) is 5.14. The highest BCUT2D eigenvalue weighted by atomic mass is 35.5. The highest BCUT2D eigenvalue weighted by Crippen LogP contribution is 2.26. The smallest absolute Gasteiger partial charge is 0.262 e. The topological polar surface area (TPSA) is 47.8 Å². The molecule has 4 rings (SSSR count). The maximum atomic E-state index is 12.9. The third-order valence-electron chi connectivity index (χ3n) is 4.40. The van der Waals surface area contributed by atoms with Gasteiger partial charge in [0.15, 0.2) is 5.16 Å². The minimum atomic E-state index is -0.0166. The standard InChI is InChI=1S/C21H18ClN3OS/c1-2-11-25-20(26)17-9-8-16(22)12-18(17)24-21(25)27-13-15-6-3-5-14-7-4-10-23-19(14)15/h3-10,12H,2,11,13H2,1H3. The predicted molar refractivity (Wildman–Crippen MR) is 113 cm³/mol. The summed E-state index contributed by atoms with van der Waals surface area (Å²) in [5, 5.41) is 3.00. The molecular weight excluding hydrogens is 378 g/mol. The molecule has 2 aromatic heterocycles. The molecular formula is C21H18ClN3OS. The van der Waals surface area contributed by atoms with Crippen molar-refractivity contribution in [1.29, 1.82) is 0 Å². The van der Waals surface area contributed by atoms with E-state index in [1.54, 1.807) is 40.7 Å². The van der Waals surface area contributed by atoms with Crippen LogP contribution in [-0.2, 0) is 12.3 Å². The maximum Gasteiger partial charge on any atom is 0.262 e. The molecule has 27 heavy (non-hydrogen) atoms. The summed E-state index contributed by atoms with van der Waals surface area (Å²) in [5.74, 6) is 0.691. The molecule has 2 aromatic carbocycles. The molecule has 0 aliphatic rings. The Morgan fingerprint density at radius 1 is 1.15 bits per heavy atom. The molecule has 0 fully saturated rings. The minimum Gasteiger partial charge on any atom is -0.287 e. The summed E-state index contributed by atoms with van der Waals surface area (Å²) in [4.78, 5) is 22.2. The van der Waals surface area contributed by atoms with Gasteiger partial charge in [0.2, 0.25) is 0 Å². The molecule has 4 aromatic rings. The van der Waals surface area contributed by atoms with Crippen LogP contribution in [0.3, 0.4) is 0 Å². The molecule has 0 saturated carbocycles. The van der Waals surface area contributed by atoms with Crippen molar-refractivity contribution in [3.8, 4) is 0 Å². The largest absolute Gasteiger partial charge is 0.287 e. The molecule has 0 spiro atoms. The summed E-state index contributed by atoms with van der Waals surface area (Å²) in [5.41, 5.74) is 2.73. The van der Waals surface area contributed by atoms with Gasteiger partial charge in [0, 0.05) is 28.9 Å². The van der Waals surface area contributed by atoms with Crippen molar-refractivity contribution in [3.63, 3.8) is 0 Å². The number of hydrogen-bond acceptors (Lipinski definition) is 4. The van der Waals surface area contributed by atoms with Crippen LogP contribution in [0.25, 0.3) is 21.8 Å². The number of hydrogen-bond donors (Lipinski definition) is 0. The normalized spacial score (nSPS) is 11.3. The number of thioether (sulfide) groups is 1. The van der Waals surface area contributed by atoms with Gasteiger partial charge < -0.3 is 0 Å². The number of benzene rings is 2. The zero-order chi connectivity index (χ0) is 18.8. The SMILES string of the molecule is CCCn1c(SCc2cccc3cccnc23)nc2cc(Cl)ccc2c1=O. The summed E-state index contributed by atoms with van der Waals surface area (Å²) >= 11 is 7.66. The lowest BCUT2D eigenvalue weighted by molar-refractivity contribution is 0.585. The fourth-order valence-corrected chi connectivity index (χ4v) is 4.31. The first-order valence-electron chi connectivity index (χ1n) is 8.83. The van der Waals surface area contributed by atoms with Crippen LogP contribution in [0.4, 0.5) is 0 Å². The van der Waals surface area contributed by atoms with E-state index in [1.165, 1.54) is 0 Å². The molecule has 4 nitrogen and oxygen atoms in total. The highest BCUT2D eigenvalue weighted by molar-refractivity contribution is 7.98. The van der Waals surface area contributed by atoms with Crippen molar-refractivity contribution in [3.05, 3.63) is 75.7 Å². The van der Waals surface area contributed by atoms with Gasteiger partial charge in [-0.1, -0.05) is 54.6 Å². The Hall–Kier alpha value is -2.37. The van der Waals surface area contributed by atoms with Gasteiger partial charge in [-0.25, -0.2) is 4.98 Å². The van der Waals surface area contributed by atoms with Crippen molar-refractivity contribution < 1.29 is 0 Å². The van der Waals surface area contributed by atoms with Gasteiger partial charge in [0.1, 0.15) is 0 Å². The Balaban J connectivity index is 1.76. The quantitative estimate of drug-likeness (QED) is 0.340. The lowest BCUT2D eigenvalue weighted by atomic mass is 10.1. The number of rotatable bonds is 5. The molecule has 2 heterocycles. The van der Waals surface area contributed by atoms with E-state index in [9.17, 15) is 4.79 Å². The van der Waals surface area contributed by atoms with Crippen LogP contribution in [0, 0.1) is 0 Å². The molecule has 0 saturated heterocycles. The van der Waals surface area contributed by atoms with Crippen LogP contribution < -0.4 is 5.56 Å². The van der Waals surface area contributed by atoms with Crippen LogP contribution in [0.1, 0.15) is 18.9 Å². The van der Waals surface area contributed by atoms with E-state index in [2.05, 4.69) is 30.1 Å². The number of aromatic nitrogens is 3. The Morgan fingerprint density at radius 3 is 2.85 bits per heavy atom. The van der Waals surface area contributed by atoms with Gasteiger partial charge in [-0.3, -0.25) is 14.3 Å². The monoisotopic (exact) mass is 395 g/mol. The van der Waals surface area contributed by atoms with Gasteiger partial charge in [0.25, 0.3) is 5.56 Å². The predicted octanol–water partition coefficient (Wildman–Crippen LogP) is 5.30. The van der Waals surface area contributed by atoms with Crippen LogP contribution in [0.15, 0.2) is 64.7 Å². The number of para-hydroxylation sites is 1. The van der Waals surface area contributed by atoms with Crippen molar-refractivity contribution in [1.82, 2.24) is 14.5 Å². The molecule has 0 atom stereocenters. The molecule has 0 N–H and O–H groups in total. The summed E-state index contributed by atoms with van der Waals surface area (Å²) in [6.07, 6.45) is 2.67. The van der Waals surface area contributed by atoms with E-state index >= 15 is 0 Å². The Labute approximate surface area is 166 Å². The van der Waals surface area contributed by atoms with E-state index in [0.717, 1.165) is 22.9 Å². The molecule has 0 aliphatic heterocycles. The van der Waals surface area contributed by atoms with Gasteiger partial charge in [0.05, 0.1) is 16.4 Å². The average molecular weight is 396 g/mol. The maximum absolute atomic E-state index is 12.9. The fraction of sp³-hybridized carbons (Fsp3) is 0.190. The second-order valence-electron chi connectivity index (χ2n) is 6.29. The summed E-state index contributed by atoms with van der Waals surface area (Å²) in [6.45, 7) is 2.70.